The van der Waals surface area contributed by atoms with E-state index in [0.717, 1.165) is 27.2 Å². The summed E-state index contributed by atoms with van der Waals surface area (Å²) >= 11 is 0. The Bertz CT molecular complexity index is 2260. The van der Waals surface area contributed by atoms with Gasteiger partial charge in [-0.3, -0.25) is 19.4 Å². The summed E-state index contributed by atoms with van der Waals surface area (Å²) in [6, 6.07) is 31.1. The van der Waals surface area contributed by atoms with Crippen molar-refractivity contribution in [2.24, 2.45) is 5.73 Å². The predicted molar refractivity (Wildman–Crippen MR) is 186 cm³/mol. The van der Waals surface area contributed by atoms with E-state index in [1.807, 2.05) is 103 Å². The quantitative estimate of drug-likeness (QED) is 0.147. The highest BCUT2D eigenvalue weighted by atomic mass is 16.2. The van der Waals surface area contributed by atoms with Crippen LogP contribution < -0.4 is 16.6 Å². The molecule has 7 aromatic rings. The Hall–Kier alpha value is -6.62. The SMILES string of the molecule is Cc1nccc2ccccc12.NC(=O)CC=O.O=CCC(=O)Nc1nccc2ccccc12.O=c1ccn2ccc3ccccc3c2n1. The molecule has 0 saturated heterocycles. The molecule has 4 heterocycles. The minimum atomic E-state index is -0.579. The molecule has 11 nitrogen and oxygen atoms in total. The number of aldehydes is 2. The Morgan fingerprint density at radius 2 is 1.25 bits per heavy atom. The maximum atomic E-state index is 11.3. The Morgan fingerprint density at radius 3 is 1.85 bits per heavy atom. The van der Waals surface area contributed by atoms with Crippen LogP contribution in [0.4, 0.5) is 5.82 Å². The first-order valence-electron chi connectivity index (χ1n) is 14.8. The Morgan fingerprint density at radius 1 is 0.708 bits per heavy atom. The number of primary amides is 1. The van der Waals surface area contributed by atoms with Gasteiger partial charge in [-0.1, -0.05) is 72.8 Å². The number of amides is 2. The Labute approximate surface area is 275 Å². The number of nitrogens with zero attached hydrogens (tertiary/aromatic N) is 4. The summed E-state index contributed by atoms with van der Waals surface area (Å²) in [5.41, 5.74) is 6.14. The molecule has 0 spiro atoms. The van der Waals surface area contributed by atoms with Crippen molar-refractivity contribution >= 4 is 68.2 Å². The number of nitrogens with two attached hydrogens (primary N) is 1. The van der Waals surface area contributed by atoms with Crippen LogP contribution in [-0.4, -0.2) is 43.7 Å². The molecule has 7 rings (SSSR count). The van der Waals surface area contributed by atoms with Crippen molar-refractivity contribution in [3.63, 3.8) is 0 Å². The molecule has 2 amide bonds. The highest BCUT2D eigenvalue weighted by Crippen LogP contribution is 2.20. The number of benzene rings is 3. The molecule has 0 bridgehead atoms. The molecule has 240 valence electrons. The van der Waals surface area contributed by atoms with E-state index in [4.69, 9.17) is 0 Å². The van der Waals surface area contributed by atoms with E-state index in [0.29, 0.717) is 24.0 Å². The summed E-state index contributed by atoms with van der Waals surface area (Å²) in [7, 11) is 0. The van der Waals surface area contributed by atoms with E-state index in [1.54, 1.807) is 12.4 Å². The van der Waals surface area contributed by atoms with Gasteiger partial charge >= 0.3 is 0 Å². The van der Waals surface area contributed by atoms with Crippen LogP contribution in [0.1, 0.15) is 18.5 Å². The fourth-order valence-corrected chi connectivity index (χ4v) is 4.57. The zero-order chi connectivity index (χ0) is 34.3. The highest BCUT2D eigenvalue weighted by Gasteiger charge is 2.05. The van der Waals surface area contributed by atoms with Gasteiger partial charge in [-0.2, -0.15) is 4.98 Å². The zero-order valence-corrected chi connectivity index (χ0v) is 26.0. The third-order valence-electron chi connectivity index (χ3n) is 6.81. The number of anilines is 1. The molecule has 11 heteroatoms. The van der Waals surface area contributed by atoms with E-state index >= 15 is 0 Å². The fraction of sp³-hybridized carbons (Fsp3) is 0.0811. The van der Waals surface area contributed by atoms with E-state index in [1.165, 1.54) is 16.8 Å². The average molecular weight is 641 g/mol. The molecule has 3 aromatic carbocycles. The van der Waals surface area contributed by atoms with Crippen LogP contribution >= 0.6 is 0 Å². The molecule has 0 unspecified atom stereocenters. The summed E-state index contributed by atoms with van der Waals surface area (Å²) in [4.78, 5) is 63.9. The number of aromatic nitrogens is 4. The first-order chi connectivity index (χ1) is 23.3. The first-order valence-corrected chi connectivity index (χ1v) is 14.8. The monoisotopic (exact) mass is 640 g/mol. The maximum absolute atomic E-state index is 11.3. The van der Waals surface area contributed by atoms with Crippen LogP contribution in [0.2, 0.25) is 0 Å². The van der Waals surface area contributed by atoms with Gasteiger partial charge in [0.05, 0.1) is 12.8 Å². The smallest absolute Gasteiger partial charge is 0.273 e. The van der Waals surface area contributed by atoms with Gasteiger partial charge in [-0.15, -0.1) is 0 Å². The lowest BCUT2D eigenvalue weighted by molar-refractivity contribution is -0.122. The minimum Gasteiger partial charge on any atom is -0.369 e. The minimum absolute atomic E-state index is 0.148. The van der Waals surface area contributed by atoms with Crippen molar-refractivity contribution in [1.82, 2.24) is 19.4 Å². The van der Waals surface area contributed by atoms with Gasteiger partial charge in [0, 0.05) is 52.7 Å². The standard InChI is InChI=1S/C12H10N2O2.C12H8N2O.C10H9N.C3H5NO2/c15-8-6-11(16)14-12-10-4-2-1-3-9(10)5-7-13-12;15-11-6-8-14-7-5-9-3-1-2-4-10(9)12(14)13-11;1-8-10-5-3-2-4-9(10)6-7-11-8;4-3(6)1-2-5/h1-5,7-8H,6H2,(H,13,14,16);1-8H;2-7H,1H3;2H,1H2,(H2,4,6). The number of pyridine rings is 3. The molecule has 0 aliphatic carbocycles. The lowest BCUT2D eigenvalue weighted by Crippen LogP contribution is -2.12. The molecule has 0 saturated carbocycles. The molecular formula is C37H32N6O5. The number of aryl methyl sites for hydroxylation is 1. The molecule has 0 atom stereocenters. The summed E-state index contributed by atoms with van der Waals surface area (Å²) in [6.45, 7) is 2.03. The van der Waals surface area contributed by atoms with Crippen LogP contribution in [0.5, 0.6) is 0 Å². The largest absolute Gasteiger partial charge is 0.369 e. The van der Waals surface area contributed by atoms with Crippen LogP contribution in [0.25, 0.3) is 38.0 Å². The van der Waals surface area contributed by atoms with Gasteiger partial charge in [0.1, 0.15) is 24.0 Å². The van der Waals surface area contributed by atoms with Crippen LogP contribution in [0.15, 0.2) is 127 Å². The lowest BCUT2D eigenvalue weighted by Gasteiger charge is -2.05. The normalized spacial score (nSPS) is 10.0. The molecular weight excluding hydrogens is 608 g/mol. The van der Waals surface area contributed by atoms with Gasteiger partial charge in [0.2, 0.25) is 11.8 Å². The molecule has 4 aromatic heterocycles. The van der Waals surface area contributed by atoms with Gasteiger partial charge in [0.25, 0.3) is 5.56 Å². The highest BCUT2D eigenvalue weighted by molar-refractivity contribution is 6.03. The summed E-state index contributed by atoms with van der Waals surface area (Å²) in [6.07, 6.45) is 7.84. The first kappa shape index (κ1) is 34.3. The average Bonchev–Trinajstić information content (AvgIpc) is 3.10. The van der Waals surface area contributed by atoms with Crippen molar-refractivity contribution in [1.29, 1.82) is 0 Å². The lowest BCUT2D eigenvalue weighted by atomic mass is 10.1. The van der Waals surface area contributed by atoms with Crippen LogP contribution in [-0.2, 0) is 19.2 Å². The number of hydrogen-bond donors (Lipinski definition) is 2. The van der Waals surface area contributed by atoms with Crippen molar-refractivity contribution < 1.29 is 19.2 Å². The maximum Gasteiger partial charge on any atom is 0.273 e. The number of hydrogen-bond acceptors (Lipinski definition) is 8. The molecule has 0 fully saturated rings. The second-order valence-electron chi connectivity index (χ2n) is 10.2. The van der Waals surface area contributed by atoms with Crippen molar-refractivity contribution in [2.45, 2.75) is 19.8 Å². The van der Waals surface area contributed by atoms with Crippen LogP contribution in [0, 0.1) is 6.92 Å². The molecule has 0 radical (unpaired) electrons. The number of rotatable bonds is 5. The third kappa shape index (κ3) is 9.44. The number of carbonyl (C=O) groups excluding carboxylic acids is 4. The number of carbonyl (C=O) groups is 4. The molecule has 0 aliphatic heterocycles. The van der Waals surface area contributed by atoms with E-state index in [9.17, 15) is 24.0 Å². The van der Waals surface area contributed by atoms with Gasteiger partial charge in [-0.25, -0.2) is 4.98 Å². The van der Waals surface area contributed by atoms with Crippen molar-refractivity contribution in [3.8, 4) is 0 Å². The summed E-state index contributed by atoms with van der Waals surface area (Å²) in [5, 5.41) is 9.07. The fourth-order valence-electron chi connectivity index (χ4n) is 4.57. The molecule has 0 aliphatic rings. The van der Waals surface area contributed by atoms with Crippen LogP contribution in [0.3, 0.4) is 0 Å². The Balaban J connectivity index is 0.000000152. The predicted octanol–water partition coefficient (Wildman–Crippen LogP) is 5.21. The van der Waals surface area contributed by atoms with Crippen molar-refractivity contribution in [3.05, 3.63) is 138 Å². The van der Waals surface area contributed by atoms with E-state index < -0.39 is 5.91 Å². The van der Waals surface area contributed by atoms with Gasteiger partial charge in [0.15, 0.2) is 0 Å². The number of nitrogens with one attached hydrogen (secondary N) is 1. The summed E-state index contributed by atoms with van der Waals surface area (Å²) in [5.74, 6) is -0.436. The number of fused-ring (bicyclic) bond motifs is 5. The Kier molecular flexibility index (Phi) is 12.3. The van der Waals surface area contributed by atoms with E-state index in [-0.39, 0.29) is 24.3 Å². The molecule has 3 N–H and O–H groups in total. The van der Waals surface area contributed by atoms with Gasteiger partial charge in [-0.05, 0) is 41.3 Å². The topological polar surface area (TPSA) is 166 Å². The second kappa shape index (κ2) is 17.2. The molecule has 48 heavy (non-hydrogen) atoms. The van der Waals surface area contributed by atoms with Gasteiger partial charge < -0.3 is 25.0 Å². The summed E-state index contributed by atoms with van der Waals surface area (Å²) < 4.78 is 1.85. The van der Waals surface area contributed by atoms with Crippen molar-refractivity contribution in [2.75, 3.05) is 5.32 Å². The second-order valence-corrected chi connectivity index (χ2v) is 10.2. The zero-order valence-electron chi connectivity index (χ0n) is 26.0. The van der Waals surface area contributed by atoms with E-state index in [2.05, 4.69) is 38.1 Å². The third-order valence-corrected chi connectivity index (χ3v) is 6.81.